The number of ether oxygens (including phenoxy) is 2. The fourth-order valence-electron chi connectivity index (χ4n) is 3.32. The Hall–Kier alpha value is -2.60. The van der Waals surface area contributed by atoms with Gasteiger partial charge in [-0.2, -0.15) is 0 Å². The molecule has 0 aliphatic heterocycles. The molecular formula is C27H38N2O3S. The predicted octanol–water partition coefficient (Wildman–Crippen LogP) is 7.12. The Morgan fingerprint density at radius 3 is 2.06 bits per heavy atom. The second-order valence-corrected chi connectivity index (χ2v) is 8.54. The zero-order valence-corrected chi connectivity index (χ0v) is 20.8. The number of nitrogens with one attached hydrogen (secondary N) is 2. The first-order chi connectivity index (χ1) is 16.1. The molecule has 0 fully saturated rings. The van der Waals surface area contributed by atoms with Gasteiger partial charge in [0, 0.05) is 17.3 Å². The van der Waals surface area contributed by atoms with Crippen LogP contribution in [0.5, 0.6) is 11.5 Å². The lowest BCUT2D eigenvalue weighted by Gasteiger charge is -2.12. The van der Waals surface area contributed by atoms with Crippen molar-refractivity contribution in [3.05, 3.63) is 54.1 Å². The molecule has 0 aliphatic rings. The van der Waals surface area contributed by atoms with Crippen LogP contribution in [-0.4, -0.2) is 24.2 Å². The lowest BCUT2D eigenvalue weighted by atomic mass is 10.2. The number of carbonyl (C=O) groups excluding carboxylic acids is 1. The van der Waals surface area contributed by atoms with Crippen molar-refractivity contribution in [2.45, 2.75) is 71.6 Å². The molecule has 0 radical (unpaired) electrons. The molecule has 0 heterocycles. The van der Waals surface area contributed by atoms with Gasteiger partial charge < -0.3 is 14.8 Å². The molecule has 0 atom stereocenters. The molecule has 0 unspecified atom stereocenters. The average Bonchev–Trinajstić information content (AvgIpc) is 2.81. The average molecular weight is 471 g/mol. The zero-order chi connectivity index (χ0) is 23.7. The van der Waals surface area contributed by atoms with E-state index in [1.54, 1.807) is 12.1 Å². The molecule has 2 aromatic rings. The highest BCUT2D eigenvalue weighted by Crippen LogP contribution is 2.18. The smallest absolute Gasteiger partial charge is 0.257 e. The third kappa shape index (κ3) is 11.2. The second kappa shape index (κ2) is 16.1. The van der Waals surface area contributed by atoms with Crippen molar-refractivity contribution < 1.29 is 14.3 Å². The molecule has 2 rings (SSSR count). The van der Waals surface area contributed by atoms with E-state index in [0.717, 1.165) is 30.0 Å². The molecule has 0 saturated carbocycles. The summed E-state index contributed by atoms with van der Waals surface area (Å²) in [5, 5.41) is 6.02. The summed E-state index contributed by atoms with van der Waals surface area (Å²) in [6.07, 6.45) is 10.7. The normalized spacial score (nSPS) is 10.5. The van der Waals surface area contributed by atoms with Crippen molar-refractivity contribution in [2.24, 2.45) is 0 Å². The van der Waals surface area contributed by atoms with Crippen LogP contribution in [0.3, 0.4) is 0 Å². The Labute approximate surface area is 204 Å². The highest BCUT2D eigenvalue weighted by atomic mass is 32.1. The molecule has 6 heteroatoms. The van der Waals surface area contributed by atoms with E-state index >= 15 is 0 Å². The Kier molecular flexibility index (Phi) is 13.0. The van der Waals surface area contributed by atoms with Gasteiger partial charge in [-0.25, -0.2) is 0 Å². The van der Waals surface area contributed by atoms with E-state index in [1.165, 1.54) is 44.9 Å². The summed E-state index contributed by atoms with van der Waals surface area (Å²) in [4.78, 5) is 12.5. The van der Waals surface area contributed by atoms with Crippen LogP contribution in [0.1, 0.15) is 82.0 Å². The molecule has 1 amide bonds. The van der Waals surface area contributed by atoms with Crippen LogP contribution in [0.4, 0.5) is 5.69 Å². The van der Waals surface area contributed by atoms with Crippen molar-refractivity contribution in [1.29, 1.82) is 0 Å². The fourth-order valence-corrected chi connectivity index (χ4v) is 3.53. The maximum absolute atomic E-state index is 12.5. The summed E-state index contributed by atoms with van der Waals surface area (Å²) < 4.78 is 11.6. The van der Waals surface area contributed by atoms with Crippen molar-refractivity contribution in [2.75, 3.05) is 18.5 Å². The van der Waals surface area contributed by atoms with Crippen LogP contribution >= 0.6 is 12.2 Å². The van der Waals surface area contributed by atoms with Gasteiger partial charge in [0.1, 0.15) is 11.5 Å². The van der Waals surface area contributed by atoms with Gasteiger partial charge in [0.15, 0.2) is 5.11 Å². The maximum atomic E-state index is 12.5. The number of rotatable bonds is 15. The van der Waals surface area contributed by atoms with Crippen molar-refractivity contribution in [1.82, 2.24) is 5.32 Å². The molecule has 33 heavy (non-hydrogen) atoms. The predicted molar refractivity (Wildman–Crippen MR) is 140 cm³/mol. The molecular weight excluding hydrogens is 432 g/mol. The Morgan fingerprint density at radius 2 is 1.39 bits per heavy atom. The Morgan fingerprint density at radius 1 is 0.788 bits per heavy atom. The number of benzene rings is 2. The molecule has 0 spiro atoms. The first kappa shape index (κ1) is 26.7. The monoisotopic (exact) mass is 470 g/mol. The number of thiocarbonyl (C=S) groups is 1. The molecule has 0 aliphatic carbocycles. The number of anilines is 1. The van der Waals surface area contributed by atoms with E-state index in [-0.39, 0.29) is 11.0 Å². The van der Waals surface area contributed by atoms with Gasteiger partial charge in [0.2, 0.25) is 0 Å². The van der Waals surface area contributed by atoms with Crippen molar-refractivity contribution in [3.63, 3.8) is 0 Å². The van der Waals surface area contributed by atoms with Crippen LogP contribution in [0.2, 0.25) is 0 Å². The lowest BCUT2D eigenvalue weighted by molar-refractivity contribution is 0.0977. The summed E-state index contributed by atoms with van der Waals surface area (Å²) in [6, 6.07) is 14.7. The van der Waals surface area contributed by atoms with E-state index in [9.17, 15) is 4.79 Å². The second-order valence-electron chi connectivity index (χ2n) is 8.13. The zero-order valence-electron chi connectivity index (χ0n) is 20.0. The largest absolute Gasteiger partial charge is 0.494 e. The topological polar surface area (TPSA) is 59.6 Å². The van der Waals surface area contributed by atoms with Crippen LogP contribution in [0.15, 0.2) is 48.5 Å². The van der Waals surface area contributed by atoms with Crippen molar-refractivity contribution in [3.8, 4) is 11.5 Å². The van der Waals surface area contributed by atoms with E-state index in [0.29, 0.717) is 18.8 Å². The Balaban J connectivity index is 1.74. The third-order valence-corrected chi connectivity index (χ3v) is 5.42. The van der Waals surface area contributed by atoms with E-state index < -0.39 is 0 Å². The number of hydrogen-bond donors (Lipinski definition) is 2. The molecule has 0 saturated heterocycles. The minimum Gasteiger partial charge on any atom is -0.494 e. The van der Waals surface area contributed by atoms with Crippen molar-refractivity contribution >= 4 is 28.9 Å². The number of carbonyl (C=O) groups is 1. The molecule has 180 valence electrons. The van der Waals surface area contributed by atoms with Gasteiger partial charge in [-0.15, -0.1) is 0 Å². The summed E-state index contributed by atoms with van der Waals surface area (Å²) >= 11 is 5.31. The van der Waals surface area contributed by atoms with E-state index in [4.69, 9.17) is 21.7 Å². The van der Waals surface area contributed by atoms with Crippen LogP contribution in [-0.2, 0) is 0 Å². The number of hydrogen-bond acceptors (Lipinski definition) is 4. The molecule has 5 nitrogen and oxygen atoms in total. The highest BCUT2D eigenvalue weighted by molar-refractivity contribution is 7.80. The molecule has 2 N–H and O–H groups in total. The van der Waals surface area contributed by atoms with Gasteiger partial charge in [-0.05, 0) is 61.5 Å². The third-order valence-electron chi connectivity index (χ3n) is 5.22. The molecule has 0 bridgehead atoms. The summed E-state index contributed by atoms with van der Waals surface area (Å²) in [5.74, 6) is 1.29. The number of amides is 1. The van der Waals surface area contributed by atoms with Gasteiger partial charge in [-0.1, -0.05) is 64.9 Å². The quantitative estimate of drug-likeness (QED) is 0.214. The minimum atomic E-state index is -0.263. The SMILES string of the molecule is CCCCCCCOc1cccc(NC(=S)NC(=O)c2ccc(OCCCCCC)cc2)c1. The fraction of sp³-hybridized carbons (Fsp3) is 0.481. The Bertz CT molecular complexity index is 840. The van der Waals surface area contributed by atoms with Crippen LogP contribution < -0.4 is 20.1 Å². The summed E-state index contributed by atoms with van der Waals surface area (Å²) in [7, 11) is 0. The number of unbranched alkanes of at least 4 members (excludes halogenated alkanes) is 7. The lowest BCUT2D eigenvalue weighted by Crippen LogP contribution is -2.34. The standard InChI is InChI=1S/C27H38N2O3S/c1-3-5-7-9-11-20-32-25-14-12-13-23(21-25)28-27(33)29-26(30)22-15-17-24(18-16-22)31-19-10-8-6-4-2/h12-18,21H,3-11,19-20H2,1-2H3,(H2,28,29,30,33). The van der Waals surface area contributed by atoms with Crippen LogP contribution in [0, 0.1) is 0 Å². The van der Waals surface area contributed by atoms with E-state index in [2.05, 4.69) is 24.5 Å². The first-order valence-corrected chi connectivity index (χ1v) is 12.6. The summed E-state index contributed by atoms with van der Waals surface area (Å²) in [5.41, 5.74) is 1.30. The molecule has 0 aromatic heterocycles. The van der Waals surface area contributed by atoms with Crippen LogP contribution in [0.25, 0.3) is 0 Å². The van der Waals surface area contributed by atoms with E-state index in [1.807, 2.05) is 36.4 Å². The minimum absolute atomic E-state index is 0.243. The van der Waals surface area contributed by atoms with Gasteiger partial charge in [-0.3, -0.25) is 10.1 Å². The first-order valence-electron chi connectivity index (χ1n) is 12.2. The highest BCUT2D eigenvalue weighted by Gasteiger charge is 2.09. The maximum Gasteiger partial charge on any atom is 0.257 e. The van der Waals surface area contributed by atoms with Gasteiger partial charge >= 0.3 is 0 Å². The van der Waals surface area contributed by atoms with Gasteiger partial charge in [0.25, 0.3) is 5.91 Å². The van der Waals surface area contributed by atoms with Gasteiger partial charge in [0.05, 0.1) is 13.2 Å². The molecule has 2 aromatic carbocycles. The summed E-state index contributed by atoms with van der Waals surface area (Å²) in [6.45, 7) is 5.80.